The van der Waals surface area contributed by atoms with Gasteiger partial charge in [0.15, 0.2) is 0 Å². The van der Waals surface area contributed by atoms with Crippen LogP contribution in [0.15, 0.2) is 35.4 Å². The Bertz CT molecular complexity index is 423. The molecule has 0 atom stereocenters. The smallest absolute Gasteiger partial charge is 0.0705 e. The van der Waals surface area contributed by atoms with Gasteiger partial charge in [0.2, 0.25) is 0 Å². The van der Waals surface area contributed by atoms with Crippen LogP contribution in [0.5, 0.6) is 0 Å². The summed E-state index contributed by atoms with van der Waals surface area (Å²) in [6.07, 6.45) is 1.83. The van der Waals surface area contributed by atoms with Crippen LogP contribution >= 0.6 is 12.6 Å². The fraction of sp³-hybridized carbons (Fsp3) is 0.100. The van der Waals surface area contributed by atoms with Gasteiger partial charge in [-0.2, -0.15) is 0 Å². The first-order valence-electron chi connectivity index (χ1n) is 3.82. The van der Waals surface area contributed by atoms with Gasteiger partial charge in [0.1, 0.15) is 0 Å². The van der Waals surface area contributed by atoms with Gasteiger partial charge in [0.25, 0.3) is 0 Å². The molecule has 0 unspecified atom stereocenters. The Morgan fingerprint density at radius 2 is 2.08 bits per heavy atom. The lowest BCUT2D eigenvalue weighted by atomic mass is 10.1. The molecule has 2 heteroatoms. The first-order valence-corrected chi connectivity index (χ1v) is 4.26. The predicted octanol–water partition coefficient (Wildman–Crippen LogP) is 2.83. The Kier molecular flexibility index (Phi) is 1.77. The molecule has 1 aromatic carbocycles. The molecule has 0 saturated carbocycles. The summed E-state index contributed by atoms with van der Waals surface area (Å²) in [5.41, 5.74) is 2.28. The van der Waals surface area contributed by atoms with Crippen LogP contribution in [0.3, 0.4) is 0 Å². The second-order valence-corrected chi connectivity index (χ2v) is 3.35. The normalized spacial score (nSPS) is 10.5. The van der Waals surface area contributed by atoms with E-state index in [-0.39, 0.29) is 0 Å². The minimum Gasteiger partial charge on any atom is -0.256 e. The van der Waals surface area contributed by atoms with Crippen molar-refractivity contribution in [3.8, 4) is 0 Å². The van der Waals surface area contributed by atoms with Crippen molar-refractivity contribution in [1.82, 2.24) is 4.98 Å². The van der Waals surface area contributed by atoms with Crippen molar-refractivity contribution in [3.63, 3.8) is 0 Å². The molecule has 0 saturated heterocycles. The molecule has 0 aliphatic rings. The summed E-state index contributed by atoms with van der Waals surface area (Å²) in [6, 6.07) is 8.00. The van der Waals surface area contributed by atoms with Crippen molar-refractivity contribution in [2.45, 2.75) is 11.8 Å². The zero-order valence-corrected chi connectivity index (χ0v) is 7.68. The molecular formula is C10H9NS. The lowest BCUT2D eigenvalue weighted by Crippen LogP contribution is -1.81. The molecule has 1 nitrogen and oxygen atoms in total. The molecule has 0 aliphatic carbocycles. The number of hydrogen-bond acceptors (Lipinski definition) is 2. The number of pyridine rings is 1. The van der Waals surface area contributed by atoms with Crippen molar-refractivity contribution in [1.29, 1.82) is 0 Å². The van der Waals surface area contributed by atoms with Crippen LogP contribution in [0.2, 0.25) is 0 Å². The predicted molar refractivity (Wildman–Crippen MR) is 53.7 cm³/mol. The summed E-state index contributed by atoms with van der Waals surface area (Å²) in [5, 5.41) is 1.19. The van der Waals surface area contributed by atoms with Crippen LogP contribution < -0.4 is 0 Å². The third-order valence-electron chi connectivity index (χ3n) is 1.94. The summed E-state index contributed by atoms with van der Waals surface area (Å²) in [4.78, 5) is 5.23. The average molecular weight is 175 g/mol. The molecule has 12 heavy (non-hydrogen) atoms. The molecule has 2 aromatic rings. The minimum atomic E-state index is 0.985. The van der Waals surface area contributed by atoms with Crippen molar-refractivity contribution in [3.05, 3.63) is 36.0 Å². The Balaban J connectivity index is 2.88. The summed E-state index contributed by atoms with van der Waals surface area (Å²) in [6.45, 7) is 2.08. The Morgan fingerprint density at radius 1 is 1.25 bits per heavy atom. The molecule has 60 valence electrons. The fourth-order valence-electron chi connectivity index (χ4n) is 1.27. The van der Waals surface area contributed by atoms with Crippen molar-refractivity contribution in [2.24, 2.45) is 0 Å². The highest BCUT2D eigenvalue weighted by atomic mass is 32.1. The quantitative estimate of drug-likeness (QED) is 0.607. The van der Waals surface area contributed by atoms with E-state index in [1.54, 1.807) is 0 Å². The largest absolute Gasteiger partial charge is 0.256 e. The molecule has 0 fully saturated rings. The second kappa shape index (κ2) is 2.79. The van der Waals surface area contributed by atoms with E-state index in [1.165, 1.54) is 10.9 Å². The van der Waals surface area contributed by atoms with Crippen LogP contribution in [0.1, 0.15) is 5.56 Å². The average Bonchev–Trinajstić information content (AvgIpc) is 2.07. The van der Waals surface area contributed by atoms with E-state index in [0.717, 1.165) is 10.4 Å². The molecule has 0 aliphatic heterocycles. The van der Waals surface area contributed by atoms with Crippen molar-refractivity contribution >= 4 is 23.5 Å². The van der Waals surface area contributed by atoms with Gasteiger partial charge < -0.3 is 0 Å². The van der Waals surface area contributed by atoms with Gasteiger partial charge in [-0.05, 0) is 36.8 Å². The third kappa shape index (κ3) is 1.18. The minimum absolute atomic E-state index is 0.985. The number of thiol groups is 1. The molecule has 1 aromatic heterocycles. The SMILES string of the molecule is Cc1ccnc2ccc(S)cc12. The number of rotatable bonds is 0. The zero-order chi connectivity index (χ0) is 8.55. The molecular weight excluding hydrogens is 166 g/mol. The van der Waals surface area contributed by atoms with E-state index in [9.17, 15) is 0 Å². The van der Waals surface area contributed by atoms with E-state index in [0.29, 0.717) is 0 Å². The summed E-state index contributed by atoms with van der Waals surface area (Å²) in [7, 11) is 0. The molecule has 0 N–H and O–H groups in total. The molecule has 1 heterocycles. The highest BCUT2D eigenvalue weighted by molar-refractivity contribution is 7.80. The van der Waals surface area contributed by atoms with Gasteiger partial charge in [-0.1, -0.05) is 0 Å². The van der Waals surface area contributed by atoms with Crippen LogP contribution in [-0.4, -0.2) is 4.98 Å². The van der Waals surface area contributed by atoms with Gasteiger partial charge in [-0.15, -0.1) is 12.6 Å². The van der Waals surface area contributed by atoms with Gasteiger partial charge >= 0.3 is 0 Å². The number of aromatic nitrogens is 1. The molecule has 2 rings (SSSR count). The highest BCUT2D eigenvalue weighted by Crippen LogP contribution is 2.18. The Morgan fingerprint density at radius 3 is 2.92 bits per heavy atom. The first-order chi connectivity index (χ1) is 5.77. The number of hydrogen-bond donors (Lipinski definition) is 1. The first kappa shape index (κ1) is 7.62. The number of fused-ring (bicyclic) bond motifs is 1. The van der Waals surface area contributed by atoms with Crippen LogP contribution in [0.25, 0.3) is 10.9 Å². The summed E-state index contributed by atoms with van der Waals surface area (Å²) in [5.74, 6) is 0. The summed E-state index contributed by atoms with van der Waals surface area (Å²) >= 11 is 4.28. The van der Waals surface area contributed by atoms with Gasteiger partial charge in [0, 0.05) is 16.5 Å². The summed E-state index contributed by atoms with van der Waals surface area (Å²) < 4.78 is 0. The highest BCUT2D eigenvalue weighted by Gasteiger charge is 1.96. The third-order valence-corrected chi connectivity index (χ3v) is 2.22. The number of benzene rings is 1. The number of aryl methyl sites for hydroxylation is 1. The van der Waals surface area contributed by atoms with E-state index in [2.05, 4.69) is 24.5 Å². The fourth-order valence-corrected chi connectivity index (χ4v) is 1.48. The molecule has 0 bridgehead atoms. The maximum atomic E-state index is 4.28. The molecule has 0 amide bonds. The van der Waals surface area contributed by atoms with E-state index in [4.69, 9.17) is 0 Å². The van der Waals surface area contributed by atoms with E-state index < -0.39 is 0 Å². The Hall–Kier alpha value is -1.02. The Labute approximate surface area is 76.9 Å². The maximum absolute atomic E-state index is 4.28. The van der Waals surface area contributed by atoms with Crippen molar-refractivity contribution in [2.75, 3.05) is 0 Å². The van der Waals surface area contributed by atoms with Crippen LogP contribution in [-0.2, 0) is 0 Å². The lowest BCUT2D eigenvalue weighted by Gasteiger charge is -2.00. The van der Waals surface area contributed by atoms with Gasteiger partial charge in [-0.25, -0.2) is 0 Å². The standard InChI is InChI=1S/C10H9NS/c1-7-4-5-11-10-3-2-8(12)6-9(7)10/h2-6,12H,1H3. The lowest BCUT2D eigenvalue weighted by molar-refractivity contribution is 1.35. The topological polar surface area (TPSA) is 12.9 Å². The second-order valence-electron chi connectivity index (χ2n) is 2.83. The molecule has 0 spiro atoms. The molecule has 0 radical (unpaired) electrons. The van der Waals surface area contributed by atoms with Crippen LogP contribution in [0.4, 0.5) is 0 Å². The van der Waals surface area contributed by atoms with E-state index >= 15 is 0 Å². The maximum Gasteiger partial charge on any atom is 0.0705 e. The monoisotopic (exact) mass is 175 g/mol. The van der Waals surface area contributed by atoms with Gasteiger partial charge in [0.05, 0.1) is 5.52 Å². The van der Waals surface area contributed by atoms with Crippen molar-refractivity contribution < 1.29 is 0 Å². The number of nitrogens with zero attached hydrogens (tertiary/aromatic N) is 1. The zero-order valence-electron chi connectivity index (χ0n) is 6.78. The van der Waals surface area contributed by atoms with E-state index in [1.807, 2.05) is 30.5 Å². The van der Waals surface area contributed by atoms with Crippen LogP contribution in [0, 0.1) is 6.92 Å². The van der Waals surface area contributed by atoms with Gasteiger partial charge in [-0.3, -0.25) is 4.98 Å².